The average molecular weight is 299 g/mol. The molecule has 0 saturated heterocycles. The van der Waals surface area contributed by atoms with Crippen LogP contribution in [0, 0.1) is 0 Å². The van der Waals surface area contributed by atoms with Gasteiger partial charge in [-0.25, -0.2) is 0 Å². The van der Waals surface area contributed by atoms with Gasteiger partial charge >= 0.3 is 0 Å². The van der Waals surface area contributed by atoms with Crippen LogP contribution in [0.1, 0.15) is 97.8 Å². The molecule has 2 nitrogen and oxygen atoms in total. The van der Waals surface area contributed by atoms with Crippen LogP contribution in [0.2, 0.25) is 0 Å². The Morgan fingerprint density at radius 1 is 0.762 bits per heavy atom. The van der Waals surface area contributed by atoms with E-state index in [1.807, 2.05) is 0 Å². The molecule has 0 aromatic heterocycles. The first-order chi connectivity index (χ1) is 10.1. The lowest BCUT2D eigenvalue weighted by Crippen LogP contribution is -2.25. The predicted molar refractivity (Wildman–Crippen MR) is 92.5 cm³/mol. The van der Waals surface area contributed by atoms with Crippen LogP contribution in [0.25, 0.3) is 0 Å². The van der Waals surface area contributed by atoms with Crippen LogP contribution < -0.4 is 0 Å². The standard InChI is InChI=1S/C19H38O2/c1-4-5-6-7-8-9-10-11-15-18(20)19(21)16-13-12-14-17(2)3/h14,18-21H,4-13,15-16H2,1-3H3/t18-,19+/m0/s1. The Morgan fingerprint density at radius 3 is 1.76 bits per heavy atom. The van der Waals surface area contributed by atoms with Crippen molar-refractivity contribution in [3.8, 4) is 0 Å². The van der Waals surface area contributed by atoms with Gasteiger partial charge in [0.05, 0.1) is 12.2 Å². The largest absolute Gasteiger partial charge is 0.390 e. The fourth-order valence-corrected chi connectivity index (χ4v) is 2.59. The molecule has 0 rings (SSSR count). The molecule has 0 amide bonds. The maximum atomic E-state index is 9.93. The molecule has 0 unspecified atom stereocenters. The average Bonchev–Trinajstić information content (AvgIpc) is 2.45. The first-order valence-corrected chi connectivity index (χ1v) is 9.07. The van der Waals surface area contributed by atoms with Gasteiger partial charge in [-0.3, -0.25) is 0 Å². The molecule has 0 heterocycles. The number of hydrogen-bond donors (Lipinski definition) is 2. The van der Waals surface area contributed by atoms with Gasteiger partial charge in [-0.2, -0.15) is 0 Å². The van der Waals surface area contributed by atoms with Gasteiger partial charge < -0.3 is 10.2 Å². The van der Waals surface area contributed by atoms with Gasteiger partial charge in [-0.1, -0.05) is 69.9 Å². The van der Waals surface area contributed by atoms with E-state index in [4.69, 9.17) is 0 Å². The highest BCUT2D eigenvalue weighted by atomic mass is 16.3. The van der Waals surface area contributed by atoms with Crippen LogP contribution in [0.5, 0.6) is 0 Å². The minimum atomic E-state index is -0.542. The molecular formula is C19H38O2. The lowest BCUT2D eigenvalue weighted by molar-refractivity contribution is 0.00761. The Balaban J connectivity index is 3.42. The summed E-state index contributed by atoms with van der Waals surface area (Å²) < 4.78 is 0. The number of unbranched alkanes of at least 4 members (excludes halogenated alkanes) is 8. The molecular weight excluding hydrogens is 260 g/mol. The molecule has 2 N–H and O–H groups in total. The van der Waals surface area contributed by atoms with E-state index in [1.54, 1.807) is 0 Å². The Bertz CT molecular complexity index is 244. The molecule has 2 atom stereocenters. The zero-order valence-electron chi connectivity index (χ0n) is 14.6. The molecule has 21 heavy (non-hydrogen) atoms. The molecule has 0 radical (unpaired) electrons. The Labute approximate surface area is 132 Å². The number of rotatable bonds is 14. The SMILES string of the molecule is CCCCCCCCCC[C@H](O)[C@H](O)CCCC=C(C)C. The molecule has 0 saturated carbocycles. The minimum Gasteiger partial charge on any atom is -0.390 e. The van der Waals surface area contributed by atoms with Gasteiger partial charge in [-0.15, -0.1) is 0 Å². The first-order valence-electron chi connectivity index (χ1n) is 9.07. The fourth-order valence-electron chi connectivity index (χ4n) is 2.59. The third kappa shape index (κ3) is 14.4. The lowest BCUT2D eigenvalue weighted by Gasteiger charge is -2.17. The summed E-state index contributed by atoms with van der Waals surface area (Å²) in [4.78, 5) is 0. The van der Waals surface area contributed by atoms with Crippen molar-refractivity contribution < 1.29 is 10.2 Å². The van der Waals surface area contributed by atoms with Gasteiger partial charge in [-0.05, 0) is 39.5 Å². The second-order valence-corrected chi connectivity index (χ2v) is 6.61. The Hall–Kier alpha value is -0.340. The molecule has 126 valence electrons. The van der Waals surface area contributed by atoms with Crippen molar-refractivity contribution in [2.45, 2.75) is 110 Å². The van der Waals surface area contributed by atoms with E-state index in [0.717, 1.165) is 25.7 Å². The normalized spacial score (nSPS) is 14.0. The molecule has 0 aliphatic heterocycles. The van der Waals surface area contributed by atoms with E-state index >= 15 is 0 Å². The van der Waals surface area contributed by atoms with Gasteiger partial charge in [0.25, 0.3) is 0 Å². The number of aliphatic hydroxyl groups excluding tert-OH is 2. The zero-order chi connectivity index (χ0) is 15.9. The fraction of sp³-hybridized carbons (Fsp3) is 0.895. The van der Waals surface area contributed by atoms with Crippen LogP contribution in [-0.2, 0) is 0 Å². The zero-order valence-corrected chi connectivity index (χ0v) is 14.6. The van der Waals surface area contributed by atoms with Crippen molar-refractivity contribution in [2.24, 2.45) is 0 Å². The van der Waals surface area contributed by atoms with E-state index in [2.05, 4.69) is 26.8 Å². The molecule has 0 aliphatic rings. The number of allylic oxidation sites excluding steroid dienone is 2. The molecule has 0 aromatic rings. The summed E-state index contributed by atoms with van der Waals surface area (Å²) >= 11 is 0. The third-order valence-corrected chi connectivity index (χ3v) is 4.05. The van der Waals surface area contributed by atoms with Crippen molar-refractivity contribution in [1.82, 2.24) is 0 Å². The van der Waals surface area contributed by atoms with Crippen LogP contribution in [0.4, 0.5) is 0 Å². The molecule has 0 aromatic carbocycles. The van der Waals surface area contributed by atoms with Crippen molar-refractivity contribution in [3.63, 3.8) is 0 Å². The molecule has 0 bridgehead atoms. The highest BCUT2D eigenvalue weighted by Gasteiger charge is 2.14. The van der Waals surface area contributed by atoms with Crippen LogP contribution in [-0.4, -0.2) is 22.4 Å². The summed E-state index contributed by atoms with van der Waals surface area (Å²) in [6, 6.07) is 0. The third-order valence-electron chi connectivity index (χ3n) is 4.05. The van der Waals surface area contributed by atoms with E-state index in [-0.39, 0.29) is 0 Å². The first kappa shape index (κ1) is 20.7. The van der Waals surface area contributed by atoms with E-state index in [0.29, 0.717) is 6.42 Å². The molecule has 0 aliphatic carbocycles. The van der Waals surface area contributed by atoms with Gasteiger partial charge in [0, 0.05) is 0 Å². The molecule has 0 fully saturated rings. The molecule has 0 spiro atoms. The van der Waals surface area contributed by atoms with E-state index < -0.39 is 12.2 Å². The monoisotopic (exact) mass is 298 g/mol. The van der Waals surface area contributed by atoms with Crippen LogP contribution >= 0.6 is 0 Å². The second-order valence-electron chi connectivity index (χ2n) is 6.61. The van der Waals surface area contributed by atoms with Gasteiger partial charge in [0.2, 0.25) is 0 Å². The second kappa shape index (κ2) is 14.6. The highest BCUT2D eigenvalue weighted by molar-refractivity contribution is 4.92. The van der Waals surface area contributed by atoms with Crippen molar-refractivity contribution in [2.75, 3.05) is 0 Å². The van der Waals surface area contributed by atoms with E-state index in [9.17, 15) is 10.2 Å². The summed E-state index contributed by atoms with van der Waals surface area (Å²) in [5.41, 5.74) is 1.32. The summed E-state index contributed by atoms with van der Waals surface area (Å²) in [7, 11) is 0. The van der Waals surface area contributed by atoms with Crippen molar-refractivity contribution >= 4 is 0 Å². The number of aliphatic hydroxyl groups is 2. The number of hydrogen-bond acceptors (Lipinski definition) is 2. The Morgan fingerprint density at radius 2 is 1.24 bits per heavy atom. The quantitative estimate of drug-likeness (QED) is 0.334. The topological polar surface area (TPSA) is 40.5 Å². The molecule has 2 heteroatoms. The van der Waals surface area contributed by atoms with Crippen molar-refractivity contribution in [3.05, 3.63) is 11.6 Å². The Kier molecular flexibility index (Phi) is 14.4. The summed E-state index contributed by atoms with van der Waals surface area (Å²) in [5.74, 6) is 0. The summed E-state index contributed by atoms with van der Waals surface area (Å²) in [6.07, 6.45) is 14.7. The minimum absolute atomic E-state index is 0.531. The smallest absolute Gasteiger partial charge is 0.0799 e. The maximum absolute atomic E-state index is 9.93. The highest BCUT2D eigenvalue weighted by Crippen LogP contribution is 2.14. The van der Waals surface area contributed by atoms with E-state index in [1.165, 1.54) is 50.5 Å². The van der Waals surface area contributed by atoms with Crippen LogP contribution in [0.15, 0.2) is 11.6 Å². The lowest BCUT2D eigenvalue weighted by atomic mass is 10.0. The van der Waals surface area contributed by atoms with Crippen LogP contribution in [0.3, 0.4) is 0 Å². The van der Waals surface area contributed by atoms with Crippen molar-refractivity contribution in [1.29, 1.82) is 0 Å². The van der Waals surface area contributed by atoms with Gasteiger partial charge in [0.1, 0.15) is 0 Å². The van der Waals surface area contributed by atoms with Gasteiger partial charge in [0.15, 0.2) is 0 Å². The maximum Gasteiger partial charge on any atom is 0.0799 e. The predicted octanol–water partition coefficient (Wildman–Crippen LogP) is 5.38. The summed E-state index contributed by atoms with van der Waals surface area (Å²) in [6.45, 7) is 6.42. The summed E-state index contributed by atoms with van der Waals surface area (Å²) in [5, 5.41) is 19.8.